The topological polar surface area (TPSA) is 73.8 Å². The van der Waals surface area contributed by atoms with E-state index in [0.717, 1.165) is 45.6 Å². The summed E-state index contributed by atoms with van der Waals surface area (Å²) in [7, 11) is 4.40. The SMILES string of the molecule is CC#C/C=c1/cc(CSc2ncnc3nc[nH]c23)c(N(C)CC2CCN(C)CC2)n/c1=C(\C)CC. The molecule has 0 unspecified atom stereocenters. The van der Waals surface area contributed by atoms with Crippen LogP contribution in [0.2, 0.25) is 0 Å². The number of rotatable bonds is 7. The van der Waals surface area contributed by atoms with Gasteiger partial charge in [0.25, 0.3) is 0 Å². The third-order valence-corrected chi connectivity index (χ3v) is 7.74. The molecule has 35 heavy (non-hydrogen) atoms. The standard InChI is InChI=1S/C27H35N7S/c1-6-8-9-21-14-22(16-35-27-24-25(29-17-28-24)30-18-31-27)26(32-23(21)19(3)7-2)34(5)15-20-10-12-33(4)13-11-20/h9,14,17-18,20H,7,10-13,15-16H2,1-5H3,(H,28,29,30,31)/b21-9-,23-19+. The maximum atomic E-state index is 5.25. The number of H-pyrrole nitrogens is 1. The first-order chi connectivity index (χ1) is 17.0. The molecule has 0 bridgehead atoms. The lowest BCUT2D eigenvalue weighted by atomic mass is 9.96. The average Bonchev–Trinajstić information content (AvgIpc) is 3.36. The summed E-state index contributed by atoms with van der Waals surface area (Å²) in [5.41, 5.74) is 4.03. The first-order valence-electron chi connectivity index (χ1n) is 12.3. The highest BCUT2D eigenvalue weighted by molar-refractivity contribution is 7.98. The molecular weight excluding hydrogens is 454 g/mol. The van der Waals surface area contributed by atoms with Crippen LogP contribution in [0.15, 0.2) is 23.7 Å². The van der Waals surface area contributed by atoms with Crippen LogP contribution >= 0.6 is 11.8 Å². The molecule has 0 radical (unpaired) electrons. The van der Waals surface area contributed by atoms with Gasteiger partial charge in [0.05, 0.1) is 11.7 Å². The Balaban J connectivity index is 1.72. The molecule has 4 heterocycles. The number of thioether (sulfide) groups is 1. The molecule has 3 aromatic rings. The molecule has 8 heteroatoms. The molecule has 1 saturated heterocycles. The molecule has 0 amide bonds. The third-order valence-electron chi connectivity index (χ3n) is 6.70. The summed E-state index contributed by atoms with van der Waals surface area (Å²) in [4.78, 5) is 26.2. The normalized spacial score (nSPS) is 16.3. The summed E-state index contributed by atoms with van der Waals surface area (Å²) in [6, 6.07) is 2.27. The Morgan fingerprint density at radius 2 is 2.09 bits per heavy atom. The number of anilines is 1. The van der Waals surface area contributed by atoms with E-state index in [4.69, 9.17) is 4.98 Å². The zero-order valence-corrected chi connectivity index (χ0v) is 22.2. The van der Waals surface area contributed by atoms with Gasteiger partial charge < -0.3 is 14.8 Å². The average molecular weight is 490 g/mol. The Bertz CT molecular complexity index is 1340. The molecular formula is C27H35N7S. The van der Waals surface area contributed by atoms with Gasteiger partial charge in [-0.05, 0) is 76.9 Å². The largest absolute Gasteiger partial charge is 0.359 e. The predicted molar refractivity (Wildman–Crippen MR) is 146 cm³/mol. The van der Waals surface area contributed by atoms with E-state index >= 15 is 0 Å². The summed E-state index contributed by atoms with van der Waals surface area (Å²) in [5, 5.41) is 3.03. The van der Waals surface area contributed by atoms with Gasteiger partial charge >= 0.3 is 0 Å². The van der Waals surface area contributed by atoms with Crippen LogP contribution in [0.5, 0.6) is 0 Å². The summed E-state index contributed by atoms with van der Waals surface area (Å²) < 4.78 is 0. The fourth-order valence-corrected chi connectivity index (χ4v) is 5.41. The van der Waals surface area contributed by atoms with Gasteiger partial charge in [-0.2, -0.15) is 0 Å². The molecule has 0 spiro atoms. The lowest BCUT2D eigenvalue weighted by molar-refractivity contribution is 0.222. The van der Waals surface area contributed by atoms with E-state index in [1.165, 1.54) is 37.1 Å². The molecule has 7 nitrogen and oxygen atoms in total. The van der Waals surface area contributed by atoms with Gasteiger partial charge in [0.15, 0.2) is 5.65 Å². The van der Waals surface area contributed by atoms with Crippen LogP contribution in [0.4, 0.5) is 5.82 Å². The first kappa shape index (κ1) is 25.2. The minimum Gasteiger partial charge on any atom is -0.359 e. The molecule has 4 rings (SSSR count). The highest BCUT2D eigenvalue weighted by Gasteiger charge is 2.21. The van der Waals surface area contributed by atoms with E-state index in [9.17, 15) is 0 Å². The van der Waals surface area contributed by atoms with Crippen LogP contribution in [-0.2, 0) is 5.75 Å². The van der Waals surface area contributed by atoms with E-state index < -0.39 is 0 Å². The Morgan fingerprint density at radius 1 is 1.29 bits per heavy atom. The van der Waals surface area contributed by atoms with Crippen molar-refractivity contribution in [1.82, 2.24) is 29.8 Å². The lowest BCUT2D eigenvalue weighted by Gasteiger charge is -2.32. The first-order valence-corrected chi connectivity index (χ1v) is 13.3. The van der Waals surface area contributed by atoms with Gasteiger partial charge in [0, 0.05) is 30.1 Å². The Labute approximate surface area is 212 Å². The molecule has 0 aromatic carbocycles. The van der Waals surface area contributed by atoms with Gasteiger partial charge in [-0.3, -0.25) is 0 Å². The van der Waals surface area contributed by atoms with Crippen molar-refractivity contribution in [2.45, 2.75) is 50.8 Å². The number of nitrogens with zero attached hydrogens (tertiary/aromatic N) is 6. The zero-order chi connectivity index (χ0) is 24.8. The monoisotopic (exact) mass is 489 g/mol. The summed E-state index contributed by atoms with van der Waals surface area (Å²) >= 11 is 1.69. The van der Waals surface area contributed by atoms with Crippen molar-refractivity contribution in [2.75, 3.05) is 38.6 Å². The fraction of sp³-hybridized carbons (Fsp3) is 0.481. The maximum absolute atomic E-state index is 5.25. The van der Waals surface area contributed by atoms with E-state index in [0.29, 0.717) is 11.6 Å². The van der Waals surface area contributed by atoms with Gasteiger partial charge in [-0.1, -0.05) is 24.6 Å². The van der Waals surface area contributed by atoms with Crippen LogP contribution in [0.3, 0.4) is 0 Å². The van der Waals surface area contributed by atoms with Gasteiger partial charge in [-0.25, -0.2) is 19.9 Å². The maximum Gasteiger partial charge on any atom is 0.181 e. The van der Waals surface area contributed by atoms with Crippen LogP contribution < -0.4 is 15.5 Å². The number of pyridine rings is 1. The second-order valence-corrected chi connectivity index (χ2v) is 10.2. The second kappa shape index (κ2) is 11.7. The smallest absolute Gasteiger partial charge is 0.181 e. The lowest BCUT2D eigenvalue weighted by Crippen LogP contribution is -2.38. The summed E-state index contributed by atoms with van der Waals surface area (Å²) in [6.07, 6.45) is 8.66. The number of fused-ring (bicyclic) bond motifs is 1. The number of hydrogen-bond acceptors (Lipinski definition) is 7. The number of hydrogen-bond donors (Lipinski definition) is 1. The molecule has 184 valence electrons. The summed E-state index contributed by atoms with van der Waals surface area (Å²) in [6.45, 7) is 9.57. The molecule has 0 saturated carbocycles. The number of imidazole rings is 1. The third kappa shape index (κ3) is 6.03. The molecule has 0 atom stereocenters. The number of aromatic nitrogens is 5. The second-order valence-electron chi connectivity index (χ2n) is 9.28. The van der Waals surface area contributed by atoms with Crippen LogP contribution in [0.1, 0.15) is 45.6 Å². The Kier molecular flexibility index (Phi) is 8.42. The van der Waals surface area contributed by atoms with Crippen LogP contribution in [-0.4, -0.2) is 63.5 Å². The quantitative estimate of drug-likeness (QED) is 0.310. The predicted octanol–water partition coefficient (Wildman–Crippen LogP) is 3.20. The number of likely N-dealkylation sites (tertiary alicyclic amines) is 1. The molecule has 1 aliphatic heterocycles. The van der Waals surface area contributed by atoms with E-state index in [1.807, 2.05) is 13.0 Å². The van der Waals surface area contributed by atoms with E-state index in [1.54, 1.807) is 24.4 Å². The van der Waals surface area contributed by atoms with E-state index in [2.05, 4.69) is 75.6 Å². The van der Waals surface area contributed by atoms with Crippen LogP contribution in [0.25, 0.3) is 22.8 Å². The van der Waals surface area contributed by atoms with Gasteiger partial charge in [0.1, 0.15) is 22.7 Å². The van der Waals surface area contributed by atoms with Crippen molar-refractivity contribution in [3.8, 4) is 11.8 Å². The Morgan fingerprint density at radius 3 is 2.83 bits per heavy atom. The molecule has 1 fully saturated rings. The van der Waals surface area contributed by atoms with Crippen molar-refractivity contribution in [2.24, 2.45) is 5.92 Å². The molecule has 0 aliphatic carbocycles. The summed E-state index contributed by atoms with van der Waals surface area (Å²) in [5.74, 6) is 8.62. The number of aromatic amines is 1. The highest BCUT2D eigenvalue weighted by atomic mass is 32.2. The molecule has 1 aliphatic rings. The van der Waals surface area contributed by atoms with Crippen molar-refractivity contribution < 1.29 is 0 Å². The van der Waals surface area contributed by atoms with Crippen molar-refractivity contribution in [3.63, 3.8) is 0 Å². The molecule has 1 N–H and O–H groups in total. The number of piperidine rings is 1. The van der Waals surface area contributed by atoms with Crippen molar-refractivity contribution >= 4 is 40.4 Å². The molecule has 3 aromatic heterocycles. The van der Waals surface area contributed by atoms with Gasteiger partial charge in [-0.15, -0.1) is 5.92 Å². The van der Waals surface area contributed by atoms with Gasteiger partial charge in [0.2, 0.25) is 0 Å². The number of nitrogens with one attached hydrogen (secondary N) is 1. The fourth-order valence-electron chi connectivity index (χ4n) is 4.49. The van der Waals surface area contributed by atoms with E-state index in [-0.39, 0.29) is 0 Å². The van der Waals surface area contributed by atoms with Crippen LogP contribution in [0, 0.1) is 17.8 Å². The zero-order valence-electron chi connectivity index (χ0n) is 21.4. The minimum absolute atomic E-state index is 0.682. The van der Waals surface area contributed by atoms with Crippen molar-refractivity contribution in [3.05, 3.63) is 34.9 Å². The highest BCUT2D eigenvalue weighted by Crippen LogP contribution is 2.29. The Hall–Kier alpha value is -2.89. The minimum atomic E-state index is 0.682. The van der Waals surface area contributed by atoms with Crippen molar-refractivity contribution in [1.29, 1.82) is 0 Å².